The predicted molar refractivity (Wildman–Crippen MR) is 92.3 cm³/mol. The van der Waals surface area contributed by atoms with Gasteiger partial charge in [0, 0.05) is 5.02 Å². The summed E-state index contributed by atoms with van der Waals surface area (Å²) in [5.41, 5.74) is 3.10. The highest BCUT2D eigenvalue weighted by Gasteiger charge is 2.11. The van der Waals surface area contributed by atoms with E-state index in [2.05, 4.69) is 10.5 Å². The Morgan fingerprint density at radius 1 is 1.29 bits per heavy atom. The van der Waals surface area contributed by atoms with Crippen molar-refractivity contribution in [1.82, 2.24) is 5.43 Å². The van der Waals surface area contributed by atoms with Gasteiger partial charge < -0.3 is 14.6 Å². The number of amides is 1. The van der Waals surface area contributed by atoms with E-state index in [1.54, 1.807) is 25.3 Å². The lowest BCUT2D eigenvalue weighted by Gasteiger charge is -2.09. The topological polar surface area (TPSA) is 80.2 Å². The molecule has 0 bridgehead atoms. The Bertz CT molecular complexity index is 762. The number of halogens is 1. The molecule has 0 radical (unpaired) electrons. The zero-order valence-corrected chi connectivity index (χ0v) is 14.0. The molecular formula is C17H17ClN2O4. The first kappa shape index (κ1) is 17.6. The molecule has 0 unspecified atom stereocenters. The van der Waals surface area contributed by atoms with Gasteiger partial charge in [-0.05, 0) is 48.9 Å². The molecule has 2 rings (SSSR count). The van der Waals surface area contributed by atoms with Crippen molar-refractivity contribution in [3.8, 4) is 17.2 Å². The number of phenolic OH excluding ortho intramolecular Hbond substituents is 1. The lowest BCUT2D eigenvalue weighted by Crippen LogP contribution is -2.17. The first-order valence-corrected chi connectivity index (χ1v) is 7.55. The number of nitrogens with one attached hydrogen (secondary N) is 1. The third-order valence-corrected chi connectivity index (χ3v) is 3.31. The molecule has 1 amide bonds. The van der Waals surface area contributed by atoms with Crippen molar-refractivity contribution in [2.75, 3.05) is 13.7 Å². The molecule has 0 fully saturated rings. The molecule has 0 saturated heterocycles. The summed E-state index contributed by atoms with van der Waals surface area (Å²) >= 11 is 5.81. The summed E-state index contributed by atoms with van der Waals surface area (Å²) in [6.07, 6.45) is 1.46. The number of nitrogens with zero attached hydrogens (tertiary/aromatic N) is 1. The average molecular weight is 349 g/mol. The predicted octanol–water partition coefficient (Wildman–Crippen LogP) is 3.22. The molecular weight excluding hydrogens is 332 g/mol. The number of carbonyl (C=O) groups excluding carboxylic acids is 1. The van der Waals surface area contributed by atoms with Gasteiger partial charge in [0.1, 0.15) is 5.75 Å². The van der Waals surface area contributed by atoms with Gasteiger partial charge in [-0.25, -0.2) is 5.43 Å². The fourth-order valence-corrected chi connectivity index (χ4v) is 2.13. The van der Waals surface area contributed by atoms with E-state index < -0.39 is 5.91 Å². The van der Waals surface area contributed by atoms with E-state index in [4.69, 9.17) is 21.1 Å². The summed E-state index contributed by atoms with van der Waals surface area (Å²) in [6, 6.07) is 9.46. The van der Waals surface area contributed by atoms with Crippen molar-refractivity contribution >= 4 is 23.7 Å². The number of hydrogen-bond acceptors (Lipinski definition) is 5. The molecule has 2 aromatic carbocycles. The summed E-state index contributed by atoms with van der Waals surface area (Å²) in [4.78, 5) is 12.0. The van der Waals surface area contributed by atoms with Crippen LogP contribution in [0.1, 0.15) is 22.8 Å². The maximum Gasteiger partial charge on any atom is 0.275 e. The quantitative estimate of drug-likeness (QED) is 0.620. The molecule has 0 aliphatic rings. The van der Waals surface area contributed by atoms with E-state index in [-0.39, 0.29) is 11.3 Å². The highest BCUT2D eigenvalue weighted by Crippen LogP contribution is 2.27. The van der Waals surface area contributed by atoms with Crippen molar-refractivity contribution in [2.24, 2.45) is 5.10 Å². The van der Waals surface area contributed by atoms with Gasteiger partial charge in [0.15, 0.2) is 11.5 Å². The van der Waals surface area contributed by atoms with Crippen LogP contribution in [0.4, 0.5) is 0 Å². The van der Waals surface area contributed by atoms with E-state index in [0.29, 0.717) is 23.1 Å². The largest absolute Gasteiger partial charge is 0.507 e. The van der Waals surface area contributed by atoms with Crippen LogP contribution in [0, 0.1) is 0 Å². The fraction of sp³-hybridized carbons (Fsp3) is 0.176. The van der Waals surface area contributed by atoms with Gasteiger partial charge >= 0.3 is 0 Å². The van der Waals surface area contributed by atoms with E-state index in [0.717, 1.165) is 5.56 Å². The van der Waals surface area contributed by atoms with E-state index in [1.807, 2.05) is 6.92 Å². The van der Waals surface area contributed by atoms with Crippen LogP contribution >= 0.6 is 11.6 Å². The Labute approximate surface area is 144 Å². The maximum atomic E-state index is 12.0. The first-order chi connectivity index (χ1) is 11.5. The SMILES string of the molecule is CCOc1cc(/C=N\NC(=O)c2cc(Cl)ccc2O)ccc1OC. The molecule has 0 heterocycles. The highest BCUT2D eigenvalue weighted by molar-refractivity contribution is 6.31. The number of rotatable bonds is 6. The number of hydrazone groups is 1. The Morgan fingerprint density at radius 2 is 2.08 bits per heavy atom. The minimum atomic E-state index is -0.565. The van der Waals surface area contributed by atoms with Crippen LogP contribution < -0.4 is 14.9 Å². The van der Waals surface area contributed by atoms with Crippen molar-refractivity contribution in [3.05, 3.63) is 52.5 Å². The number of aromatic hydroxyl groups is 1. The van der Waals surface area contributed by atoms with Crippen LogP contribution in [0.25, 0.3) is 0 Å². The lowest BCUT2D eigenvalue weighted by molar-refractivity contribution is 0.0952. The van der Waals surface area contributed by atoms with Crippen LogP contribution in [0.3, 0.4) is 0 Å². The normalized spacial score (nSPS) is 10.6. The van der Waals surface area contributed by atoms with Gasteiger partial charge in [-0.2, -0.15) is 5.10 Å². The lowest BCUT2D eigenvalue weighted by atomic mass is 10.2. The van der Waals surface area contributed by atoms with Crippen molar-refractivity contribution < 1.29 is 19.4 Å². The molecule has 7 heteroatoms. The summed E-state index contributed by atoms with van der Waals surface area (Å²) in [5, 5.41) is 13.9. The van der Waals surface area contributed by atoms with Gasteiger partial charge in [-0.3, -0.25) is 4.79 Å². The van der Waals surface area contributed by atoms with E-state index >= 15 is 0 Å². The summed E-state index contributed by atoms with van der Waals surface area (Å²) in [5.74, 6) is 0.463. The van der Waals surface area contributed by atoms with Gasteiger partial charge in [0.2, 0.25) is 0 Å². The number of hydrogen-bond donors (Lipinski definition) is 2. The monoisotopic (exact) mass is 348 g/mol. The standard InChI is InChI=1S/C17H17ClN2O4/c1-3-24-16-8-11(4-7-15(16)23-2)10-19-20-17(22)13-9-12(18)5-6-14(13)21/h4-10,21H,3H2,1-2H3,(H,20,22)/b19-10-. The van der Waals surface area contributed by atoms with Gasteiger partial charge in [0.25, 0.3) is 5.91 Å². The molecule has 0 aliphatic heterocycles. The molecule has 126 valence electrons. The Hall–Kier alpha value is -2.73. The summed E-state index contributed by atoms with van der Waals surface area (Å²) in [7, 11) is 1.56. The smallest absolute Gasteiger partial charge is 0.275 e. The molecule has 0 atom stereocenters. The number of phenols is 1. The zero-order valence-electron chi connectivity index (χ0n) is 13.2. The second kappa shape index (κ2) is 8.21. The number of benzene rings is 2. The van der Waals surface area contributed by atoms with Crippen LogP contribution in [0.5, 0.6) is 17.2 Å². The fourth-order valence-electron chi connectivity index (χ4n) is 1.96. The Balaban J connectivity index is 2.09. The summed E-state index contributed by atoms with van der Waals surface area (Å²) < 4.78 is 10.7. The second-order valence-electron chi connectivity index (χ2n) is 4.70. The number of carbonyl (C=O) groups is 1. The Kier molecular flexibility index (Phi) is 6.03. The molecule has 24 heavy (non-hydrogen) atoms. The molecule has 0 spiro atoms. The van der Waals surface area contributed by atoms with Crippen LogP contribution in [-0.4, -0.2) is 30.9 Å². The van der Waals surface area contributed by atoms with E-state index in [1.165, 1.54) is 24.4 Å². The molecule has 2 aromatic rings. The maximum absolute atomic E-state index is 12.0. The molecule has 2 N–H and O–H groups in total. The first-order valence-electron chi connectivity index (χ1n) is 7.18. The molecule has 0 aromatic heterocycles. The van der Waals surface area contributed by atoms with Crippen LogP contribution in [0.15, 0.2) is 41.5 Å². The minimum Gasteiger partial charge on any atom is -0.507 e. The molecule has 0 saturated carbocycles. The van der Waals surface area contributed by atoms with Gasteiger partial charge in [-0.1, -0.05) is 11.6 Å². The third-order valence-electron chi connectivity index (χ3n) is 3.07. The van der Waals surface area contributed by atoms with Crippen molar-refractivity contribution in [1.29, 1.82) is 0 Å². The van der Waals surface area contributed by atoms with Gasteiger partial charge in [-0.15, -0.1) is 0 Å². The minimum absolute atomic E-state index is 0.0457. The second-order valence-corrected chi connectivity index (χ2v) is 5.14. The summed E-state index contributed by atoms with van der Waals surface area (Å²) in [6.45, 7) is 2.37. The van der Waals surface area contributed by atoms with E-state index in [9.17, 15) is 9.90 Å². The number of methoxy groups -OCH3 is 1. The number of ether oxygens (including phenoxy) is 2. The average Bonchev–Trinajstić information content (AvgIpc) is 2.57. The van der Waals surface area contributed by atoms with Crippen LogP contribution in [-0.2, 0) is 0 Å². The molecule has 6 nitrogen and oxygen atoms in total. The third kappa shape index (κ3) is 4.39. The van der Waals surface area contributed by atoms with Crippen molar-refractivity contribution in [3.63, 3.8) is 0 Å². The molecule has 0 aliphatic carbocycles. The zero-order chi connectivity index (χ0) is 17.5. The van der Waals surface area contributed by atoms with Crippen LogP contribution in [0.2, 0.25) is 5.02 Å². The Morgan fingerprint density at radius 3 is 2.79 bits per heavy atom. The highest BCUT2D eigenvalue weighted by atomic mass is 35.5. The van der Waals surface area contributed by atoms with Gasteiger partial charge in [0.05, 0.1) is 25.5 Å². The van der Waals surface area contributed by atoms with Crippen molar-refractivity contribution in [2.45, 2.75) is 6.92 Å².